The van der Waals surface area contributed by atoms with E-state index in [1.807, 2.05) is 25.3 Å². The third-order valence-corrected chi connectivity index (χ3v) is 2.92. The summed E-state index contributed by atoms with van der Waals surface area (Å²) in [7, 11) is 0. The topological polar surface area (TPSA) is 42.2 Å². The number of rotatable bonds is 3. The first-order chi connectivity index (χ1) is 9.61. The Morgan fingerprint density at radius 3 is 2.90 bits per heavy atom. The first-order valence-electron chi connectivity index (χ1n) is 6.13. The van der Waals surface area contributed by atoms with Gasteiger partial charge in [0.1, 0.15) is 11.6 Å². The van der Waals surface area contributed by atoms with Gasteiger partial charge in [0.25, 0.3) is 0 Å². The Morgan fingerprint density at radius 1 is 1.20 bits per heavy atom. The van der Waals surface area contributed by atoms with Crippen LogP contribution in [0.2, 0.25) is 0 Å². The van der Waals surface area contributed by atoms with Gasteiger partial charge in [0.2, 0.25) is 5.95 Å². The highest BCUT2D eigenvalue weighted by molar-refractivity contribution is 5.44. The summed E-state index contributed by atoms with van der Waals surface area (Å²) in [6.07, 6.45) is 1.84. The van der Waals surface area contributed by atoms with E-state index in [0.29, 0.717) is 11.6 Å². The van der Waals surface area contributed by atoms with Gasteiger partial charge in [-0.1, -0.05) is 6.07 Å². The summed E-state index contributed by atoms with van der Waals surface area (Å²) in [5.74, 6) is -0.556. The molecule has 0 amide bonds. The first-order valence-corrected chi connectivity index (χ1v) is 6.13. The SMILES string of the molecule is Cc1ccc2nc(NCc3cc(F)ccc3F)nn2c1. The molecule has 0 fully saturated rings. The highest BCUT2D eigenvalue weighted by atomic mass is 19.1. The van der Waals surface area contributed by atoms with Crippen molar-refractivity contribution < 1.29 is 8.78 Å². The molecule has 4 nitrogen and oxygen atoms in total. The van der Waals surface area contributed by atoms with E-state index in [-0.39, 0.29) is 12.1 Å². The summed E-state index contributed by atoms with van der Waals surface area (Å²) in [4.78, 5) is 4.25. The molecule has 6 heteroatoms. The normalized spacial score (nSPS) is 10.9. The summed E-state index contributed by atoms with van der Waals surface area (Å²) in [5, 5.41) is 7.11. The highest BCUT2D eigenvalue weighted by Crippen LogP contribution is 2.12. The third kappa shape index (κ3) is 2.45. The lowest BCUT2D eigenvalue weighted by Crippen LogP contribution is -2.04. The van der Waals surface area contributed by atoms with E-state index in [0.717, 1.165) is 23.8 Å². The lowest BCUT2D eigenvalue weighted by atomic mass is 10.2. The van der Waals surface area contributed by atoms with Gasteiger partial charge in [-0.05, 0) is 36.8 Å². The summed E-state index contributed by atoms with van der Waals surface area (Å²) in [6.45, 7) is 2.08. The standard InChI is InChI=1S/C14H12F2N4/c1-9-2-5-13-18-14(19-20(13)8-9)17-7-10-6-11(15)3-4-12(10)16/h2-6,8H,7H2,1H3,(H,17,19). The van der Waals surface area contributed by atoms with Crippen molar-refractivity contribution in [2.75, 3.05) is 5.32 Å². The molecule has 0 saturated carbocycles. The minimum absolute atomic E-state index is 0.124. The molecule has 3 aromatic rings. The highest BCUT2D eigenvalue weighted by Gasteiger charge is 2.06. The molecule has 0 saturated heterocycles. The fourth-order valence-corrected chi connectivity index (χ4v) is 1.91. The van der Waals surface area contributed by atoms with Crippen molar-refractivity contribution in [1.82, 2.24) is 14.6 Å². The second-order valence-electron chi connectivity index (χ2n) is 4.53. The van der Waals surface area contributed by atoms with Gasteiger partial charge in [-0.3, -0.25) is 0 Å². The Labute approximate surface area is 114 Å². The van der Waals surface area contributed by atoms with Crippen LogP contribution in [0, 0.1) is 18.6 Å². The molecule has 0 unspecified atom stereocenters. The summed E-state index contributed by atoms with van der Waals surface area (Å²) < 4.78 is 28.2. The van der Waals surface area contributed by atoms with E-state index in [9.17, 15) is 8.78 Å². The van der Waals surface area contributed by atoms with Crippen LogP contribution in [-0.4, -0.2) is 14.6 Å². The number of hydrogen-bond donors (Lipinski definition) is 1. The Balaban J connectivity index is 1.81. The van der Waals surface area contributed by atoms with Gasteiger partial charge >= 0.3 is 0 Å². The number of pyridine rings is 1. The zero-order chi connectivity index (χ0) is 14.1. The molecule has 2 heterocycles. The van der Waals surface area contributed by atoms with Crippen LogP contribution in [0.3, 0.4) is 0 Å². The fourth-order valence-electron chi connectivity index (χ4n) is 1.91. The average molecular weight is 274 g/mol. The van der Waals surface area contributed by atoms with Crippen molar-refractivity contribution >= 4 is 11.6 Å². The maximum atomic E-state index is 13.5. The van der Waals surface area contributed by atoms with E-state index in [1.165, 1.54) is 0 Å². The van der Waals surface area contributed by atoms with Crippen molar-refractivity contribution in [2.45, 2.75) is 13.5 Å². The number of nitrogens with zero attached hydrogens (tertiary/aromatic N) is 3. The molecule has 2 aromatic heterocycles. The molecule has 1 aromatic carbocycles. The van der Waals surface area contributed by atoms with Gasteiger partial charge in [0.15, 0.2) is 5.65 Å². The average Bonchev–Trinajstić information content (AvgIpc) is 2.81. The third-order valence-electron chi connectivity index (χ3n) is 2.92. The van der Waals surface area contributed by atoms with Gasteiger partial charge in [0.05, 0.1) is 0 Å². The zero-order valence-corrected chi connectivity index (χ0v) is 10.8. The van der Waals surface area contributed by atoms with Crippen molar-refractivity contribution in [3.63, 3.8) is 0 Å². The van der Waals surface area contributed by atoms with Gasteiger partial charge in [-0.25, -0.2) is 13.3 Å². The van der Waals surface area contributed by atoms with Crippen LogP contribution < -0.4 is 5.32 Å². The lowest BCUT2D eigenvalue weighted by molar-refractivity contribution is 0.587. The zero-order valence-electron chi connectivity index (χ0n) is 10.8. The molecule has 20 heavy (non-hydrogen) atoms. The van der Waals surface area contributed by atoms with Crippen molar-refractivity contribution in [3.8, 4) is 0 Å². The van der Waals surface area contributed by atoms with Gasteiger partial charge in [0, 0.05) is 18.3 Å². The molecule has 0 radical (unpaired) electrons. The van der Waals surface area contributed by atoms with Crippen LogP contribution in [0.15, 0.2) is 36.5 Å². The molecular weight excluding hydrogens is 262 g/mol. The van der Waals surface area contributed by atoms with E-state index < -0.39 is 11.6 Å². The van der Waals surface area contributed by atoms with Gasteiger partial charge in [-0.2, -0.15) is 4.98 Å². The van der Waals surface area contributed by atoms with Crippen molar-refractivity contribution in [1.29, 1.82) is 0 Å². The number of anilines is 1. The Kier molecular flexibility index (Phi) is 3.06. The molecule has 0 bridgehead atoms. The number of aromatic nitrogens is 3. The number of fused-ring (bicyclic) bond motifs is 1. The number of halogens is 2. The number of nitrogens with one attached hydrogen (secondary N) is 1. The number of benzene rings is 1. The minimum atomic E-state index is -0.471. The second-order valence-corrected chi connectivity index (χ2v) is 4.53. The fraction of sp³-hybridized carbons (Fsp3) is 0.143. The molecule has 1 N–H and O–H groups in total. The van der Waals surface area contributed by atoms with Crippen LogP contribution in [-0.2, 0) is 6.54 Å². The summed E-state index contributed by atoms with van der Waals surface area (Å²) in [5.41, 5.74) is 1.99. The maximum absolute atomic E-state index is 13.5. The first kappa shape index (κ1) is 12.5. The van der Waals surface area contributed by atoms with Gasteiger partial charge in [-0.15, -0.1) is 5.10 Å². The van der Waals surface area contributed by atoms with Crippen molar-refractivity contribution in [3.05, 3.63) is 59.3 Å². The quantitative estimate of drug-likeness (QED) is 0.798. The Bertz CT molecular complexity index is 767. The number of hydrogen-bond acceptors (Lipinski definition) is 3. The molecule has 0 aliphatic rings. The van der Waals surface area contributed by atoms with Crippen LogP contribution in [0.4, 0.5) is 14.7 Å². The van der Waals surface area contributed by atoms with E-state index in [2.05, 4.69) is 15.4 Å². The van der Waals surface area contributed by atoms with Crippen molar-refractivity contribution in [2.24, 2.45) is 0 Å². The largest absolute Gasteiger partial charge is 0.349 e. The monoisotopic (exact) mass is 274 g/mol. The maximum Gasteiger partial charge on any atom is 0.243 e. The molecule has 102 valence electrons. The number of aryl methyl sites for hydroxylation is 1. The lowest BCUT2D eigenvalue weighted by Gasteiger charge is -2.03. The molecule has 0 aliphatic heterocycles. The summed E-state index contributed by atoms with van der Waals surface area (Å²) >= 11 is 0. The van der Waals surface area contributed by atoms with Crippen LogP contribution in [0.1, 0.15) is 11.1 Å². The van der Waals surface area contributed by atoms with E-state index in [4.69, 9.17) is 0 Å². The summed E-state index contributed by atoms with van der Waals surface area (Å²) in [6, 6.07) is 7.12. The molecule has 0 aliphatic carbocycles. The van der Waals surface area contributed by atoms with Gasteiger partial charge < -0.3 is 5.32 Å². The molecule has 0 atom stereocenters. The predicted molar refractivity (Wildman–Crippen MR) is 71.4 cm³/mol. The molecule has 3 rings (SSSR count). The second kappa shape index (κ2) is 4.88. The van der Waals surface area contributed by atoms with Crippen LogP contribution >= 0.6 is 0 Å². The minimum Gasteiger partial charge on any atom is -0.349 e. The Morgan fingerprint density at radius 2 is 2.05 bits per heavy atom. The Hall–Kier alpha value is -2.50. The van der Waals surface area contributed by atoms with Crippen LogP contribution in [0.5, 0.6) is 0 Å². The predicted octanol–water partition coefficient (Wildman–Crippen LogP) is 2.93. The smallest absolute Gasteiger partial charge is 0.243 e. The molecule has 0 spiro atoms. The van der Waals surface area contributed by atoms with E-state index >= 15 is 0 Å². The van der Waals surface area contributed by atoms with Crippen LogP contribution in [0.25, 0.3) is 5.65 Å². The molecular formula is C14H12F2N4. The van der Waals surface area contributed by atoms with E-state index in [1.54, 1.807) is 4.52 Å².